The molecule has 0 aliphatic heterocycles. The molecule has 0 aliphatic rings. The fourth-order valence-electron chi connectivity index (χ4n) is 1.45. The molecule has 1 aromatic heterocycles. The lowest BCUT2D eigenvalue weighted by Gasteiger charge is -2.15. The number of carbonyl (C=O) groups is 1. The Hall–Kier alpha value is -0.630. The van der Waals surface area contributed by atoms with Crippen molar-refractivity contribution in [1.29, 1.82) is 0 Å². The van der Waals surface area contributed by atoms with Gasteiger partial charge in [0.1, 0.15) is 0 Å². The zero-order chi connectivity index (χ0) is 12.3. The molecule has 0 aliphatic carbocycles. The van der Waals surface area contributed by atoms with Crippen molar-refractivity contribution in [3.05, 3.63) is 21.9 Å². The van der Waals surface area contributed by atoms with Gasteiger partial charge in [-0.25, -0.2) is 0 Å². The molecule has 0 radical (unpaired) electrons. The number of rotatable bonds is 4. The van der Waals surface area contributed by atoms with E-state index in [9.17, 15) is 4.79 Å². The molecule has 1 atom stereocenters. The zero-order valence-corrected chi connectivity index (χ0v) is 11.8. The highest BCUT2D eigenvalue weighted by Gasteiger charge is 2.19. The third-order valence-corrected chi connectivity index (χ3v) is 4.40. The van der Waals surface area contributed by atoms with E-state index in [1.165, 1.54) is 4.88 Å². The summed E-state index contributed by atoms with van der Waals surface area (Å²) in [6.45, 7) is 10.8. The summed E-state index contributed by atoms with van der Waals surface area (Å²) in [7, 11) is 0. The number of hydrogen-bond acceptors (Lipinski definition) is 2. The van der Waals surface area contributed by atoms with Gasteiger partial charge in [0.25, 0.3) is 0 Å². The van der Waals surface area contributed by atoms with Crippen LogP contribution in [0.4, 0.5) is 0 Å². The van der Waals surface area contributed by atoms with Gasteiger partial charge in [-0.15, -0.1) is 11.3 Å². The van der Waals surface area contributed by atoms with Crippen LogP contribution in [0.3, 0.4) is 0 Å². The van der Waals surface area contributed by atoms with E-state index in [4.69, 9.17) is 0 Å². The van der Waals surface area contributed by atoms with Crippen molar-refractivity contribution in [2.45, 2.75) is 52.9 Å². The Morgan fingerprint density at radius 1 is 1.38 bits per heavy atom. The number of thiophene rings is 1. The van der Waals surface area contributed by atoms with E-state index in [1.54, 1.807) is 11.3 Å². The normalized spacial score (nSPS) is 13.8. The van der Waals surface area contributed by atoms with Crippen LogP contribution in [0.15, 0.2) is 12.1 Å². The molecule has 90 valence electrons. The largest absolute Gasteiger partial charge is 0.293 e. The average molecular weight is 238 g/mol. The summed E-state index contributed by atoms with van der Waals surface area (Å²) in [4.78, 5) is 14.2. The number of Topliss-reactive ketones (excluding diaryl/α,β-unsaturated/α-hetero) is 1. The maximum absolute atomic E-state index is 12.0. The van der Waals surface area contributed by atoms with Gasteiger partial charge in [-0.1, -0.05) is 41.0 Å². The molecular formula is C14H22OS. The Kier molecular flexibility index (Phi) is 4.31. The highest BCUT2D eigenvalue weighted by Crippen LogP contribution is 2.30. The lowest BCUT2D eigenvalue weighted by Crippen LogP contribution is -2.08. The molecule has 1 aromatic rings. The van der Waals surface area contributed by atoms with Crippen LogP contribution >= 0.6 is 11.3 Å². The molecule has 1 unspecified atom stereocenters. The van der Waals surface area contributed by atoms with Crippen molar-refractivity contribution in [2.24, 2.45) is 5.92 Å². The molecule has 0 saturated carbocycles. The molecule has 0 amide bonds. The first-order valence-electron chi connectivity index (χ1n) is 5.98. The smallest absolute Gasteiger partial charge is 0.173 e. The van der Waals surface area contributed by atoms with E-state index in [0.717, 1.165) is 11.3 Å². The van der Waals surface area contributed by atoms with E-state index in [-0.39, 0.29) is 5.41 Å². The fourth-order valence-corrected chi connectivity index (χ4v) is 2.46. The van der Waals surface area contributed by atoms with Gasteiger partial charge in [0.15, 0.2) is 5.78 Å². The molecule has 2 heteroatoms. The van der Waals surface area contributed by atoms with Crippen LogP contribution in [0.5, 0.6) is 0 Å². The van der Waals surface area contributed by atoms with Gasteiger partial charge in [0, 0.05) is 11.3 Å². The van der Waals surface area contributed by atoms with Gasteiger partial charge in [-0.3, -0.25) is 4.79 Å². The third kappa shape index (κ3) is 3.44. The van der Waals surface area contributed by atoms with E-state index in [2.05, 4.69) is 40.7 Å². The molecule has 16 heavy (non-hydrogen) atoms. The summed E-state index contributed by atoms with van der Waals surface area (Å²) in [6.07, 6.45) is 1.75. The second-order valence-electron chi connectivity index (χ2n) is 5.55. The number of carbonyl (C=O) groups excluding carboxylic acids is 1. The van der Waals surface area contributed by atoms with Gasteiger partial charge in [-0.05, 0) is 23.5 Å². The summed E-state index contributed by atoms with van der Waals surface area (Å²) in [6, 6.07) is 4.07. The molecule has 0 aromatic carbocycles. The Morgan fingerprint density at radius 3 is 2.44 bits per heavy atom. The second kappa shape index (κ2) is 5.13. The summed E-state index contributed by atoms with van der Waals surface area (Å²) in [5, 5.41) is 0. The van der Waals surface area contributed by atoms with E-state index in [1.807, 2.05) is 6.07 Å². The van der Waals surface area contributed by atoms with Gasteiger partial charge in [0.2, 0.25) is 0 Å². The van der Waals surface area contributed by atoms with Crippen molar-refractivity contribution in [3.8, 4) is 0 Å². The highest BCUT2D eigenvalue weighted by molar-refractivity contribution is 7.14. The van der Waals surface area contributed by atoms with Crippen LogP contribution in [-0.4, -0.2) is 5.78 Å². The maximum atomic E-state index is 12.0. The minimum atomic E-state index is 0.152. The standard InChI is InChI=1S/C14H22OS/c1-6-10(2)9-11(15)12-7-8-13(16-12)14(3,4)5/h7-8,10H,6,9H2,1-5H3. The molecule has 1 nitrogen and oxygen atoms in total. The lowest BCUT2D eigenvalue weighted by atomic mass is 9.95. The lowest BCUT2D eigenvalue weighted by molar-refractivity contribution is 0.0967. The summed E-state index contributed by atoms with van der Waals surface area (Å²) in [5.41, 5.74) is 0.152. The van der Waals surface area contributed by atoms with Crippen molar-refractivity contribution in [3.63, 3.8) is 0 Å². The van der Waals surface area contributed by atoms with E-state index in [0.29, 0.717) is 18.1 Å². The first-order valence-corrected chi connectivity index (χ1v) is 6.79. The summed E-state index contributed by atoms with van der Waals surface area (Å²) in [5.74, 6) is 0.794. The average Bonchev–Trinajstić information content (AvgIpc) is 2.65. The van der Waals surface area contributed by atoms with Crippen LogP contribution in [0.25, 0.3) is 0 Å². The molecule has 1 rings (SSSR count). The maximum Gasteiger partial charge on any atom is 0.173 e. The number of ketones is 1. The van der Waals surface area contributed by atoms with Crippen LogP contribution in [0, 0.1) is 5.92 Å². The van der Waals surface area contributed by atoms with Crippen LogP contribution in [0.2, 0.25) is 0 Å². The third-order valence-electron chi connectivity index (χ3n) is 2.85. The second-order valence-corrected chi connectivity index (χ2v) is 6.64. The quantitative estimate of drug-likeness (QED) is 0.697. The molecule has 0 bridgehead atoms. The van der Waals surface area contributed by atoms with Crippen molar-refractivity contribution >= 4 is 17.1 Å². The molecule has 0 N–H and O–H groups in total. The van der Waals surface area contributed by atoms with Crippen molar-refractivity contribution < 1.29 is 4.79 Å². The Morgan fingerprint density at radius 2 is 2.00 bits per heavy atom. The molecule has 0 fully saturated rings. The van der Waals surface area contributed by atoms with Crippen LogP contribution < -0.4 is 0 Å². The predicted molar refractivity (Wildman–Crippen MR) is 71.4 cm³/mol. The van der Waals surface area contributed by atoms with Gasteiger partial charge in [0.05, 0.1) is 4.88 Å². The Bertz CT molecular complexity index is 357. The van der Waals surface area contributed by atoms with Gasteiger partial charge < -0.3 is 0 Å². The van der Waals surface area contributed by atoms with Crippen LogP contribution in [-0.2, 0) is 5.41 Å². The minimum Gasteiger partial charge on any atom is -0.293 e. The minimum absolute atomic E-state index is 0.152. The van der Waals surface area contributed by atoms with Gasteiger partial charge in [-0.2, -0.15) is 0 Å². The SMILES string of the molecule is CCC(C)CC(=O)c1ccc(C(C)(C)C)s1. The predicted octanol–water partition coefficient (Wildman–Crippen LogP) is 4.66. The first-order chi connectivity index (χ1) is 7.34. The van der Waals surface area contributed by atoms with E-state index < -0.39 is 0 Å². The molecule has 0 spiro atoms. The van der Waals surface area contributed by atoms with Crippen molar-refractivity contribution in [2.75, 3.05) is 0 Å². The Balaban J connectivity index is 2.75. The zero-order valence-electron chi connectivity index (χ0n) is 11.0. The molecular weight excluding hydrogens is 216 g/mol. The monoisotopic (exact) mass is 238 g/mol. The van der Waals surface area contributed by atoms with E-state index >= 15 is 0 Å². The van der Waals surface area contributed by atoms with Gasteiger partial charge >= 0.3 is 0 Å². The summed E-state index contributed by atoms with van der Waals surface area (Å²) >= 11 is 1.65. The number of hydrogen-bond donors (Lipinski definition) is 0. The molecule has 0 saturated heterocycles. The molecule has 1 heterocycles. The topological polar surface area (TPSA) is 17.1 Å². The van der Waals surface area contributed by atoms with Crippen molar-refractivity contribution in [1.82, 2.24) is 0 Å². The summed E-state index contributed by atoms with van der Waals surface area (Å²) < 4.78 is 0. The highest BCUT2D eigenvalue weighted by atomic mass is 32.1. The van der Waals surface area contributed by atoms with Crippen LogP contribution in [0.1, 0.15) is 62.0 Å². The fraction of sp³-hybridized carbons (Fsp3) is 0.643. The Labute approximate surface area is 103 Å². The first kappa shape index (κ1) is 13.4.